The summed E-state index contributed by atoms with van der Waals surface area (Å²) in [6, 6.07) is 1.94. The van der Waals surface area contributed by atoms with E-state index in [1.807, 2.05) is 38.3 Å². The van der Waals surface area contributed by atoms with Crippen LogP contribution in [0.3, 0.4) is 0 Å². The van der Waals surface area contributed by atoms with Crippen LogP contribution in [0.4, 0.5) is 5.82 Å². The summed E-state index contributed by atoms with van der Waals surface area (Å²) in [7, 11) is 0. The molecule has 4 heteroatoms. The van der Waals surface area contributed by atoms with Gasteiger partial charge in [0.15, 0.2) is 0 Å². The molecule has 2 rings (SSSR count). The first-order valence-corrected chi connectivity index (χ1v) is 5.60. The number of hydrogen-bond donors (Lipinski definition) is 2. The fourth-order valence-electron chi connectivity index (χ4n) is 2.11. The number of nitrogen functional groups attached to an aromatic ring is 1. The highest BCUT2D eigenvalue weighted by molar-refractivity contribution is 5.90. The second-order valence-corrected chi connectivity index (χ2v) is 4.22. The molecule has 0 bridgehead atoms. The Balaban J connectivity index is 2.34. The van der Waals surface area contributed by atoms with Crippen LogP contribution in [-0.4, -0.2) is 16.8 Å². The molecule has 2 heterocycles. The van der Waals surface area contributed by atoms with Crippen LogP contribution in [0.2, 0.25) is 0 Å². The van der Waals surface area contributed by atoms with Gasteiger partial charge in [-0.25, -0.2) is 0 Å². The number of H-pyrrole nitrogens is 1. The predicted octanol–water partition coefficient (Wildman–Crippen LogP) is 2.58. The molecule has 1 aliphatic rings. The third kappa shape index (κ3) is 2.11. The molecule has 0 aliphatic carbocycles. The van der Waals surface area contributed by atoms with E-state index in [1.54, 1.807) is 0 Å². The summed E-state index contributed by atoms with van der Waals surface area (Å²) in [6.07, 6.45) is 5.71. The fraction of sp³-hybridized carbons (Fsp3) is 0.308. The van der Waals surface area contributed by atoms with Crippen molar-refractivity contribution in [3.63, 3.8) is 0 Å². The highest BCUT2D eigenvalue weighted by Crippen LogP contribution is 2.28. The maximum absolute atomic E-state index is 5.82. The van der Waals surface area contributed by atoms with Crippen molar-refractivity contribution in [1.29, 1.82) is 0 Å². The van der Waals surface area contributed by atoms with Crippen molar-refractivity contribution < 1.29 is 4.84 Å². The Morgan fingerprint density at radius 3 is 2.88 bits per heavy atom. The second kappa shape index (κ2) is 4.49. The minimum Gasteiger partial charge on any atom is -0.392 e. The first kappa shape index (κ1) is 11.5. The molecule has 0 fully saturated rings. The number of nitrogens with zero attached hydrogens (tertiary/aromatic N) is 1. The highest BCUT2D eigenvalue weighted by atomic mass is 16.6. The van der Waals surface area contributed by atoms with Gasteiger partial charge in [-0.1, -0.05) is 17.8 Å². The predicted molar refractivity (Wildman–Crippen MR) is 70.5 cm³/mol. The molecule has 0 spiro atoms. The summed E-state index contributed by atoms with van der Waals surface area (Å²) in [6.45, 7) is 7.82. The summed E-state index contributed by atoms with van der Waals surface area (Å²) in [5, 5.41) is 4.01. The van der Waals surface area contributed by atoms with Gasteiger partial charge in [0.1, 0.15) is 11.9 Å². The number of hydrogen-bond acceptors (Lipinski definition) is 3. The number of nitrogens with two attached hydrogens (primary N) is 1. The number of nitrogens with one attached hydrogen (secondary N) is 1. The molecule has 90 valence electrons. The Kier molecular flexibility index (Phi) is 3.04. The standard InChI is InChI=1S/C13H17N3O/c1-4-10(7-11-5-6-15-13(11)14)12-8(2)16-17-9(12)3/h4-7,9,12,15H,1,14H2,2-3H3/b10-7+/t9?,12-/m1/s1. The van der Waals surface area contributed by atoms with Gasteiger partial charge < -0.3 is 15.6 Å². The van der Waals surface area contributed by atoms with Crippen LogP contribution in [0.1, 0.15) is 19.4 Å². The van der Waals surface area contributed by atoms with Gasteiger partial charge in [0.2, 0.25) is 0 Å². The normalized spacial score (nSPS) is 24.4. The van der Waals surface area contributed by atoms with Crippen LogP contribution in [-0.2, 0) is 4.84 Å². The van der Waals surface area contributed by atoms with Crippen LogP contribution in [0.15, 0.2) is 35.6 Å². The number of aromatic amines is 1. The quantitative estimate of drug-likeness (QED) is 0.785. The Labute approximate surface area is 101 Å². The molecule has 1 aliphatic heterocycles. The summed E-state index contributed by atoms with van der Waals surface area (Å²) in [4.78, 5) is 8.22. The van der Waals surface area contributed by atoms with E-state index in [1.165, 1.54) is 0 Å². The van der Waals surface area contributed by atoms with E-state index in [4.69, 9.17) is 10.6 Å². The average molecular weight is 231 g/mol. The van der Waals surface area contributed by atoms with Gasteiger partial charge in [0.25, 0.3) is 0 Å². The molecule has 17 heavy (non-hydrogen) atoms. The lowest BCUT2D eigenvalue weighted by Gasteiger charge is -2.15. The van der Waals surface area contributed by atoms with Crippen LogP contribution >= 0.6 is 0 Å². The van der Waals surface area contributed by atoms with Gasteiger partial charge in [-0.05, 0) is 31.6 Å². The van der Waals surface area contributed by atoms with Crippen molar-refractivity contribution in [3.8, 4) is 0 Å². The van der Waals surface area contributed by atoms with Crippen molar-refractivity contribution in [1.82, 2.24) is 4.98 Å². The first-order valence-electron chi connectivity index (χ1n) is 5.60. The van der Waals surface area contributed by atoms with Crippen LogP contribution in [0.25, 0.3) is 6.08 Å². The van der Waals surface area contributed by atoms with E-state index in [0.717, 1.165) is 16.8 Å². The lowest BCUT2D eigenvalue weighted by atomic mass is 9.89. The monoisotopic (exact) mass is 231 g/mol. The van der Waals surface area contributed by atoms with Crippen molar-refractivity contribution in [2.45, 2.75) is 20.0 Å². The molecule has 1 unspecified atom stereocenters. The molecule has 0 amide bonds. The van der Waals surface area contributed by atoms with Gasteiger partial charge >= 0.3 is 0 Å². The molecule has 0 aromatic carbocycles. The molecule has 0 radical (unpaired) electrons. The maximum atomic E-state index is 5.82. The van der Waals surface area contributed by atoms with Crippen LogP contribution in [0, 0.1) is 5.92 Å². The molecule has 0 saturated carbocycles. The van der Waals surface area contributed by atoms with E-state index in [0.29, 0.717) is 5.82 Å². The van der Waals surface area contributed by atoms with Crippen molar-refractivity contribution in [2.24, 2.45) is 11.1 Å². The van der Waals surface area contributed by atoms with Gasteiger partial charge in [-0.15, -0.1) is 0 Å². The molecule has 0 saturated heterocycles. The van der Waals surface area contributed by atoms with Crippen molar-refractivity contribution >= 4 is 17.6 Å². The number of rotatable bonds is 3. The fourth-order valence-corrected chi connectivity index (χ4v) is 2.11. The SMILES string of the molecule is C=C/C(=C\c1cc[nH]c1N)[C@@H]1C(C)=NOC1C. The Bertz CT molecular complexity index is 485. The molecule has 1 aromatic heterocycles. The molecule has 3 N–H and O–H groups in total. The smallest absolute Gasteiger partial charge is 0.136 e. The summed E-state index contributed by atoms with van der Waals surface area (Å²) >= 11 is 0. The van der Waals surface area contributed by atoms with Crippen LogP contribution < -0.4 is 5.73 Å². The second-order valence-electron chi connectivity index (χ2n) is 4.22. The first-order chi connectivity index (χ1) is 8.13. The largest absolute Gasteiger partial charge is 0.392 e. The van der Waals surface area contributed by atoms with Gasteiger partial charge in [0, 0.05) is 11.8 Å². The van der Waals surface area contributed by atoms with Gasteiger partial charge in [-0.2, -0.15) is 0 Å². The molecule has 4 nitrogen and oxygen atoms in total. The van der Waals surface area contributed by atoms with Gasteiger partial charge in [-0.3, -0.25) is 0 Å². The summed E-state index contributed by atoms with van der Waals surface area (Å²) in [5.74, 6) is 0.812. The summed E-state index contributed by atoms with van der Waals surface area (Å²) < 4.78 is 0. The number of allylic oxidation sites excluding steroid dienone is 1. The van der Waals surface area contributed by atoms with E-state index in [-0.39, 0.29) is 12.0 Å². The van der Waals surface area contributed by atoms with Crippen molar-refractivity contribution in [2.75, 3.05) is 5.73 Å². The Hall–Kier alpha value is -1.97. The molecule has 1 aromatic rings. The molecule has 2 atom stereocenters. The minimum atomic E-state index is 0.0411. The van der Waals surface area contributed by atoms with Gasteiger partial charge in [0.05, 0.1) is 11.6 Å². The van der Waals surface area contributed by atoms with Crippen molar-refractivity contribution in [3.05, 3.63) is 36.1 Å². The molecular formula is C13H17N3O. The van der Waals surface area contributed by atoms with E-state index < -0.39 is 0 Å². The third-order valence-electron chi connectivity index (χ3n) is 3.01. The minimum absolute atomic E-state index is 0.0411. The Morgan fingerprint density at radius 2 is 2.41 bits per heavy atom. The zero-order valence-electron chi connectivity index (χ0n) is 10.1. The zero-order chi connectivity index (χ0) is 12.4. The summed E-state index contributed by atoms with van der Waals surface area (Å²) in [5.41, 5.74) is 8.82. The highest BCUT2D eigenvalue weighted by Gasteiger charge is 2.29. The van der Waals surface area contributed by atoms with E-state index in [2.05, 4.69) is 16.7 Å². The maximum Gasteiger partial charge on any atom is 0.136 e. The lowest BCUT2D eigenvalue weighted by molar-refractivity contribution is 0.0840. The van der Waals surface area contributed by atoms with E-state index >= 15 is 0 Å². The Morgan fingerprint density at radius 1 is 1.65 bits per heavy atom. The lowest BCUT2D eigenvalue weighted by Crippen LogP contribution is -2.20. The number of oxime groups is 1. The zero-order valence-corrected chi connectivity index (χ0v) is 10.1. The topological polar surface area (TPSA) is 63.4 Å². The van der Waals surface area contributed by atoms with E-state index in [9.17, 15) is 0 Å². The third-order valence-corrected chi connectivity index (χ3v) is 3.01. The average Bonchev–Trinajstić information content (AvgIpc) is 2.84. The number of aromatic nitrogens is 1. The van der Waals surface area contributed by atoms with Crippen LogP contribution in [0.5, 0.6) is 0 Å². The molecular weight excluding hydrogens is 214 g/mol. The number of anilines is 1.